The van der Waals surface area contributed by atoms with Crippen LogP contribution in [-0.2, 0) is 0 Å². The Kier molecular flexibility index (Phi) is 6.33. The molecule has 118 valence electrons. The number of aliphatic hydroxyl groups is 1. The number of methoxy groups -OCH3 is 1. The van der Waals surface area contributed by atoms with Gasteiger partial charge >= 0.3 is 0 Å². The van der Waals surface area contributed by atoms with E-state index in [1.807, 2.05) is 24.3 Å². The summed E-state index contributed by atoms with van der Waals surface area (Å²) in [6.45, 7) is 4.19. The molecule has 1 aliphatic carbocycles. The van der Waals surface area contributed by atoms with E-state index in [4.69, 9.17) is 9.47 Å². The van der Waals surface area contributed by atoms with Crippen molar-refractivity contribution in [1.29, 1.82) is 0 Å². The van der Waals surface area contributed by atoms with Gasteiger partial charge in [0.15, 0.2) is 0 Å². The summed E-state index contributed by atoms with van der Waals surface area (Å²) in [4.78, 5) is 0. The number of rotatable bonds is 8. The number of aliphatic hydroxyl groups excluding tert-OH is 1. The minimum absolute atomic E-state index is 0.292. The second kappa shape index (κ2) is 8.25. The van der Waals surface area contributed by atoms with Gasteiger partial charge in [0.1, 0.15) is 24.2 Å². The highest BCUT2D eigenvalue weighted by molar-refractivity contribution is 5.32. The molecule has 1 saturated carbocycles. The molecule has 1 aromatic carbocycles. The summed E-state index contributed by atoms with van der Waals surface area (Å²) in [7, 11) is 1.63. The summed E-state index contributed by atoms with van der Waals surface area (Å²) in [6, 6.07) is 7.43. The molecule has 4 nitrogen and oxygen atoms in total. The molecule has 0 bridgehead atoms. The van der Waals surface area contributed by atoms with Crippen molar-refractivity contribution in [1.82, 2.24) is 5.32 Å². The van der Waals surface area contributed by atoms with Crippen LogP contribution in [0.4, 0.5) is 0 Å². The van der Waals surface area contributed by atoms with E-state index in [0.29, 0.717) is 13.2 Å². The van der Waals surface area contributed by atoms with Crippen molar-refractivity contribution >= 4 is 0 Å². The number of benzene rings is 1. The maximum absolute atomic E-state index is 9.96. The van der Waals surface area contributed by atoms with Gasteiger partial charge < -0.3 is 19.9 Å². The lowest BCUT2D eigenvalue weighted by atomic mass is 9.98. The predicted octanol–water partition coefficient (Wildman–Crippen LogP) is 2.46. The number of nitrogens with one attached hydrogen (secondary N) is 1. The van der Waals surface area contributed by atoms with Crippen LogP contribution < -0.4 is 14.8 Å². The summed E-state index contributed by atoms with van der Waals surface area (Å²) in [5, 5.41) is 13.3. The van der Waals surface area contributed by atoms with E-state index in [-0.39, 0.29) is 0 Å². The molecule has 1 fully saturated rings. The first-order valence-corrected chi connectivity index (χ1v) is 7.84. The van der Waals surface area contributed by atoms with E-state index in [1.54, 1.807) is 7.11 Å². The minimum Gasteiger partial charge on any atom is -0.497 e. The molecule has 0 spiro atoms. The SMILES string of the molecule is COc1cccc(OCC(O)CNCC2CCCC2C)c1. The Labute approximate surface area is 127 Å². The van der Waals surface area contributed by atoms with Gasteiger partial charge in [-0.05, 0) is 36.9 Å². The molecule has 1 aliphatic rings. The van der Waals surface area contributed by atoms with E-state index in [0.717, 1.165) is 29.9 Å². The Bertz CT molecular complexity index is 424. The molecule has 0 amide bonds. The molecule has 0 saturated heterocycles. The average molecular weight is 293 g/mol. The van der Waals surface area contributed by atoms with Crippen molar-refractivity contribution in [2.45, 2.75) is 32.3 Å². The second-order valence-corrected chi connectivity index (χ2v) is 5.97. The molecule has 4 heteroatoms. The summed E-state index contributed by atoms with van der Waals surface area (Å²) in [6.07, 6.45) is 3.50. The van der Waals surface area contributed by atoms with Crippen LogP contribution in [0.15, 0.2) is 24.3 Å². The molecule has 0 radical (unpaired) electrons. The molecule has 3 atom stereocenters. The third-order valence-electron chi connectivity index (χ3n) is 4.31. The van der Waals surface area contributed by atoms with Crippen molar-refractivity contribution in [2.24, 2.45) is 11.8 Å². The fourth-order valence-electron chi connectivity index (χ4n) is 2.90. The maximum Gasteiger partial charge on any atom is 0.123 e. The number of ether oxygens (including phenoxy) is 2. The fraction of sp³-hybridized carbons (Fsp3) is 0.647. The Hall–Kier alpha value is -1.26. The Morgan fingerprint density at radius 1 is 1.33 bits per heavy atom. The van der Waals surface area contributed by atoms with Crippen LogP contribution in [0, 0.1) is 11.8 Å². The van der Waals surface area contributed by atoms with Gasteiger partial charge in [-0.1, -0.05) is 25.8 Å². The van der Waals surface area contributed by atoms with Crippen molar-refractivity contribution in [2.75, 3.05) is 26.8 Å². The van der Waals surface area contributed by atoms with Crippen LogP contribution in [0.5, 0.6) is 11.5 Å². The normalized spacial score (nSPS) is 23.0. The topological polar surface area (TPSA) is 50.7 Å². The zero-order chi connectivity index (χ0) is 15.1. The van der Waals surface area contributed by atoms with Gasteiger partial charge in [0.2, 0.25) is 0 Å². The summed E-state index contributed by atoms with van der Waals surface area (Å²) in [5.74, 6) is 3.05. The Morgan fingerprint density at radius 2 is 2.14 bits per heavy atom. The number of hydrogen-bond donors (Lipinski definition) is 2. The van der Waals surface area contributed by atoms with E-state index in [1.165, 1.54) is 19.3 Å². The molecule has 1 aromatic rings. The van der Waals surface area contributed by atoms with Crippen molar-refractivity contribution in [3.63, 3.8) is 0 Å². The average Bonchev–Trinajstić information content (AvgIpc) is 2.91. The molecule has 3 unspecified atom stereocenters. The molecular weight excluding hydrogens is 266 g/mol. The summed E-state index contributed by atoms with van der Waals surface area (Å²) >= 11 is 0. The molecule has 2 rings (SSSR count). The zero-order valence-corrected chi connectivity index (χ0v) is 13.0. The standard InChI is InChI=1S/C17H27NO3/c1-13-5-3-6-14(13)10-18-11-15(19)12-21-17-8-4-7-16(9-17)20-2/h4,7-9,13-15,18-19H,3,5-6,10-12H2,1-2H3. The Morgan fingerprint density at radius 3 is 2.86 bits per heavy atom. The maximum atomic E-state index is 9.96. The lowest BCUT2D eigenvalue weighted by Gasteiger charge is -2.18. The molecule has 0 heterocycles. The highest BCUT2D eigenvalue weighted by atomic mass is 16.5. The summed E-state index contributed by atoms with van der Waals surface area (Å²) in [5.41, 5.74) is 0. The van der Waals surface area contributed by atoms with Gasteiger partial charge in [0, 0.05) is 12.6 Å². The van der Waals surface area contributed by atoms with Crippen LogP contribution in [0.1, 0.15) is 26.2 Å². The van der Waals surface area contributed by atoms with Gasteiger partial charge in [-0.15, -0.1) is 0 Å². The van der Waals surface area contributed by atoms with Crippen LogP contribution >= 0.6 is 0 Å². The molecule has 2 N–H and O–H groups in total. The highest BCUT2D eigenvalue weighted by Crippen LogP contribution is 2.30. The first-order chi connectivity index (χ1) is 10.2. The summed E-state index contributed by atoms with van der Waals surface area (Å²) < 4.78 is 10.7. The monoisotopic (exact) mass is 293 g/mol. The van der Waals surface area contributed by atoms with Gasteiger partial charge in [-0.25, -0.2) is 0 Å². The van der Waals surface area contributed by atoms with Crippen LogP contribution in [0.25, 0.3) is 0 Å². The molecule has 21 heavy (non-hydrogen) atoms. The highest BCUT2D eigenvalue weighted by Gasteiger charge is 2.22. The molecular formula is C17H27NO3. The predicted molar refractivity (Wildman–Crippen MR) is 83.9 cm³/mol. The first kappa shape index (κ1) is 16.1. The Balaban J connectivity index is 1.63. The lowest BCUT2D eigenvalue weighted by molar-refractivity contribution is 0.105. The van der Waals surface area contributed by atoms with Gasteiger partial charge in [0.05, 0.1) is 7.11 Å². The van der Waals surface area contributed by atoms with Crippen molar-refractivity contribution < 1.29 is 14.6 Å². The van der Waals surface area contributed by atoms with Gasteiger partial charge in [0.25, 0.3) is 0 Å². The molecule has 0 aliphatic heterocycles. The fourth-order valence-corrected chi connectivity index (χ4v) is 2.90. The van der Waals surface area contributed by atoms with E-state index in [9.17, 15) is 5.11 Å². The van der Waals surface area contributed by atoms with Crippen molar-refractivity contribution in [3.8, 4) is 11.5 Å². The van der Waals surface area contributed by atoms with Crippen molar-refractivity contribution in [3.05, 3.63) is 24.3 Å². The number of hydrogen-bond acceptors (Lipinski definition) is 4. The van der Waals surface area contributed by atoms with Crippen LogP contribution in [0.3, 0.4) is 0 Å². The van der Waals surface area contributed by atoms with Crippen LogP contribution in [0.2, 0.25) is 0 Å². The first-order valence-electron chi connectivity index (χ1n) is 7.84. The van der Waals surface area contributed by atoms with Gasteiger partial charge in [-0.2, -0.15) is 0 Å². The largest absolute Gasteiger partial charge is 0.497 e. The third kappa shape index (κ3) is 5.21. The zero-order valence-electron chi connectivity index (χ0n) is 13.0. The van der Waals surface area contributed by atoms with E-state index < -0.39 is 6.10 Å². The minimum atomic E-state index is -0.493. The molecule has 0 aromatic heterocycles. The second-order valence-electron chi connectivity index (χ2n) is 5.97. The van der Waals surface area contributed by atoms with Gasteiger partial charge in [-0.3, -0.25) is 0 Å². The van der Waals surface area contributed by atoms with Crippen LogP contribution in [-0.4, -0.2) is 38.0 Å². The third-order valence-corrected chi connectivity index (χ3v) is 4.31. The quantitative estimate of drug-likeness (QED) is 0.773. The van der Waals surface area contributed by atoms with E-state index in [2.05, 4.69) is 12.2 Å². The lowest BCUT2D eigenvalue weighted by Crippen LogP contribution is -2.34. The smallest absolute Gasteiger partial charge is 0.123 e. The van der Waals surface area contributed by atoms with E-state index >= 15 is 0 Å².